The summed E-state index contributed by atoms with van der Waals surface area (Å²) < 4.78 is 0. The number of aryl methyl sites for hydroxylation is 1. The zero-order chi connectivity index (χ0) is 15.7. The predicted molar refractivity (Wildman–Crippen MR) is 85.6 cm³/mol. The zero-order valence-corrected chi connectivity index (χ0v) is 13.4. The molecule has 1 unspecified atom stereocenters. The number of benzene rings is 1. The van der Waals surface area contributed by atoms with Crippen molar-refractivity contribution >= 4 is 23.6 Å². The van der Waals surface area contributed by atoms with Crippen molar-refractivity contribution in [2.45, 2.75) is 38.0 Å². The summed E-state index contributed by atoms with van der Waals surface area (Å²) in [5, 5.41) is 11.5. The van der Waals surface area contributed by atoms with E-state index in [2.05, 4.69) is 5.32 Å². The topological polar surface area (TPSA) is 66.4 Å². The highest BCUT2D eigenvalue weighted by Crippen LogP contribution is 2.17. The smallest absolute Gasteiger partial charge is 0.303 e. The van der Waals surface area contributed by atoms with Crippen LogP contribution in [0.5, 0.6) is 0 Å². The highest BCUT2D eigenvalue weighted by atomic mass is 32.2. The fourth-order valence-corrected chi connectivity index (χ4v) is 2.53. The van der Waals surface area contributed by atoms with Gasteiger partial charge in [0.1, 0.15) is 0 Å². The molecular formula is C16H23NO3S. The molecule has 1 aromatic rings. The average molecular weight is 309 g/mol. The molecule has 0 bridgehead atoms. The fraction of sp³-hybridized carbons (Fsp3) is 0.500. The summed E-state index contributed by atoms with van der Waals surface area (Å²) in [5.74, 6) is -0.0235. The van der Waals surface area contributed by atoms with E-state index in [0.717, 1.165) is 11.3 Å². The zero-order valence-electron chi connectivity index (χ0n) is 12.6. The molecule has 5 heteroatoms. The van der Waals surface area contributed by atoms with Gasteiger partial charge in [-0.3, -0.25) is 9.59 Å². The van der Waals surface area contributed by atoms with Gasteiger partial charge in [-0.2, -0.15) is 0 Å². The Balaban J connectivity index is 2.13. The molecule has 0 radical (unpaired) electrons. The second-order valence-electron chi connectivity index (χ2n) is 5.28. The molecule has 0 saturated carbocycles. The first-order valence-corrected chi connectivity index (χ1v) is 8.14. The normalized spacial score (nSPS) is 11.9. The standard InChI is InChI=1S/C16H23NO3S/c1-12-3-6-14(7-4-12)21-11-15(18)17-10-9-13(2)5-8-16(19)20/h3-4,6-7,13H,5,8-11H2,1-2H3,(H,17,18)(H,19,20). The number of rotatable bonds is 9. The highest BCUT2D eigenvalue weighted by Gasteiger charge is 2.07. The van der Waals surface area contributed by atoms with Gasteiger partial charge in [0.25, 0.3) is 0 Å². The van der Waals surface area contributed by atoms with E-state index < -0.39 is 5.97 Å². The number of aliphatic carboxylic acids is 1. The van der Waals surface area contributed by atoms with Crippen molar-refractivity contribution in [1.29, 1.82) is 0 Å². The lowest BCUT2D eigenvalue weighted by Gasteiger charge is -2.10. The maximum Gasteiger partial charge on any atom is 0.303 e. The molecule has 0 aliphatic carbocycles. The second kappa shape index (κ2) is 9.45. The molecule has 1 atom stereocenters. The number of carboxylic acids is 1. The van der Waals surface area contributed by atoms with Crippen LogP contribution in [0.25, 0.3) is 0 Å². The van der Waals surface area contributed by atoms with E-state index in [-0.39, 0.29) is 12.3 Å². The van der Waals surface area contributed by atoms with Crippen LogP contribution in [-0.4, -0.2) is 29.3 Å². The van der Waals surface area contributed by atoms with E-state index in [9.17, 15) is 9.59 Å². The monoisotopic (exact) mass is 309 g/mol. The molecule has 0 aromatic heterocycles. The van der Waals surface area contributed by atoms with E-state index in [0.29, 0.717) is 24.6 Å². The molecule has 1 aromatic carbocycles. The first-order valence-electron chi connectivity index (χ1n) is 7.15. The Morgan fingerprint density at radius 2 is 1.90 bits per heavy atom. The van der Waals surface area contributed by atoms with Gasteiger partial charge in [0.2, 0.25) is 5.91 Å². The van der Waals surface area contributed by atoms with Crippen LogP contribution in [0.1, 0.15) is 31.7 Å². The Morgan fingerprint density at radius 1 is 1.24 bits per heavy atom. The average Bonchev–Trinajstić information content (AvgIpc) is 2.44. The Hall–Kier alpha value is -1.49. The van der Waals surface area contributed by atoms with Crippen LogP contribution in [0.2, 0.25) is 0 Å². The van der Waals surface area contributed by atoms with Crippen LogP contribution in [0, 0.1) is 12.8 Å². The third-order valence-electron chi connectivity index (χ3n) is 3.20. The molecule has 0 saturated heterocycles. The number of carbonyl (C=O) groups is 2. The van der Waals surface area contributed by atoms with Gasteiger partial charge >= 0.3 is 5.97 Å². The van der Waals surface area contributed by atoms with Crippen molar-refractivity contribution in [3.63, 3.8) is 0 Å². The van der Waals surface area contributed by atoms with E-state index in [4.69, 9.17) is 5.11 Å². The summed E-state index contributed by atoms with van der Waals surface area (Å²) in [5.41, 5.74) is 1.21. The molecule has 0 aliphatic heterocycles. The number of carboxylic acid groups (broad SMARTS) is 1. The summed E-state index contributed by atoms with van der Waals surface area (Å²) in [6, 6.07) is 8.09. The minimum absolute atomic E-state index is 0.0195. The SMILES string of the molecule is Cc1ccc(SCC(=O)NCCC(C)CCC(=O)O)cc1. The fourth-order valence-electron chi connectivity index (χ4n) is 1.81. The third-order valence-corrected chi connectivity index (χ3v) is 4.21. The third kappa shape index (κ3) is 8.40. The first kappa shape index (κ1) is 17.6. The molecule has 1 amide bonds. The van der Waals surface area contributed by atoms with Gasteiger partial charge in [0, 0.05) is 17.9 Å². The molecule has 0 heterocycles. The minimum atomic E-state index is -0.764. The molecule has 1 rings (SSSR count). The van der Waals surface area contributed by atoms with Crippen molar-refractivity contribution in [2.75, 3.05) is 12.3 Å². The Bertz CT molecular complexity index is 459. The van der Waals surface area contributed by atoms with Gasteiger partial charge in [0.05, 0.1) is 5.75 Å². The lowest BCUT2D eigenvalue weighted by Crippen LogP contribution is -2.27. The van der Waals surface area contributed by atoms with Crippen molar-refractivity contribution < 1.29 is 14.7 Å². The molecule has 116 valence electrons. The van der Waals surface area contributed by atoms with Gasteiger partial charge in [-0.15, -0.1) is 11.8 Å². The molecule has 21 heavy (non-hydrogen) atoms. The van der Waals surface area contributed by atoms with Crippen LogP contribution in [0.3, 0.4) is 0 Å². The quantitative estimate of drug-likeness (QED) is 0.688. The van der Waals surface area contributed by atoms with E-state index in [1.807, 2.05) is 38.1 Å². The Morgan fingerprint density at radius 3 is 2.52 bits per heavy atom. The largest absolute Gasteiger partial charge is 0.481 e. The summed E-state index contributed by atoms with van der Waals surface area (Å²) >= 11 is 1.52. The van der Waals surface area contributed by atoms with Crippen molar-refractivity contribution in [1.82, 2.24) is 5.32 Å². The van der Waals surface area contributed by atoms with E-state index >= 15 is 0 Å². The predicted octanol–water partition coefficient (Wildman–Crippen LogP) is 3.09. The van der Waals surface area contributed by atoms with Crippen LogP contribution >= 0.6 is 11.8 Å². The number of hydrogen-bond acceptors (Lipinski definition) is 3. The van der Waals surface area contributed by atoms with Gasteiger partial charge < -0.3 is 10.4 Å². The lowest BCUT2D eigenvalue weighted by atomic mass is 10.0. The summed E-state index contributed by atoms with van der Waals surface area (Å²) in [6.45, 7) is 4.65. The van der Waals surface area contributed by atoms with Gasteiger partial charge in [-0.1, -0.05) is 24.6 Å². The molecular weight excluding hydrogens is 286 g/mol. The molecule has 0 aliphatic rings. The van der Waals surface area contributed by atoms with E-state index in [1.54, 1.807) is 0 Å². The molecule has 4 nitrogen and oxygen atoms in total. The van der Waals surface area contributed by atoms with Crippen LogP contribution in [0.4, 0.5) is 0 Å². The van der Waals surface area contributed by atoms with Crippen LogP contribution in [0.15, 0.2) is 29.2 Å². The molecule has 2 N–H and O–H groups in total. The van der Waals surface area contributed by atoms with E-state index in [1.165, 1.54) is 17.3 Å². The summed E-state index contributed by atoms with van der Waals surface area (Å²) in [7, 11) is 0. The van der Waals surface area contributed by atoms with Crippen molar-refractivity contribution in [3.8, 4) is 0 Å². The first-order chi connectivity index (χ1) is 9.97. The van der Waals surface area contributed by atoms with Crippen molar-refractivity contribution in [2.24, 2.45) is 5.92 Å². The highest BCUT2D eigenvalue weighted by molar-refractivity contribution is 8.00. The number of carbonyl (C=O) groups excluding carboxylic acids is 1. The Labute approximate surface area is 130 Å². The van der Waals surface area contributed by atoms with Crippen molar-refractivity contribution in [3.05, 3.63) is 29.8 Å². The molecule has 0 fully saturated rings. The number of thioether (sulfide) groups is 1. The van der Waals surface area contributed by atoms with Crippen LogP contribution < -0.4 is 5.32 Å². The van der Waals surface area contributed by atoms with Gasteiger partial charge in [-0.25, -0.2) is 0 Å². The second-order valence-corrected chi connectivity index (χ2v) is 6.33. The van der Waals surface area contributed by atoms with Gasteiger partial charge in [0.15, 0.2) is 0 Å². The minimum Gasteiger partial charge on any atom is -0.481 e. The molecule has 0 spiro atoms. The maximum atomic E-state index is 11.7. The lowest BCUT2D eigenvalue weighted by molar-refractivity contribution is -0.137. The summed E-state index contributed by atoms with van der Waals surface area (Å²) in [6.07, 6.45) is 1.66. The number of nitrogens with one attached hydrogen (secondary N) is 1. The van der Waals surface area contributed by atoms with Gasteiger partial charge in [-0.05, 0) is 37.8 Å². The number of hydrogen-bond donors (Lipinski definition) is 2. The summed E-state index contributed by atoms with van der Waals surface area (Å²) in [4.78, 5) is 23.2. The Kier molecular flexibility index (Phi) is 7.90. The van der Waals surface area contributed by atoms with Crippen LogP contribution in [-0.2, 0) is 9.59 Å². The maximum absolute atomic E-state index is 11.7. The number of amides is 1.